The monoisotopic (exact) mass is 282 g/mol. The molecule has 1 aliphatic carbocycles. The average Bonchev–Trinajstić information content (AvgIpc) is 2.93. The summed E-state index contributed by atoms with van der Waals surface area (Å²) in [5, 5.41) is 0. The quantitative estimate of drug-likeness (QED) is 0.554. The zero-order chi connectivity index (χ0) is 14.8. The van der Waals surface area contributed by atoms with Gasteiger partial charge in [-0.3, -0.25) is 9.59 Å². The van der Waals surface area contributed by atoms with Crippen molar-refractivity contribution in [2.24, 2.45) is 11.8 Å². The molecule has 0 bridgehead atoms. The van der Waals surface area contributed by atoms with Crippen LogP contribution in [0.5, 0.6) is 0 Å². The fourth-order valence-electron chi connectivity index (χ4n) is 3.15. The van der Waals surface area contributed by atoms with Crippen molar-refractivity contribution < 1.29 is 18.7 Å². The summed E-state index contributed by atoms with van der Waals surface area (Å²) in [5.41, 5.74) is -1.77. The van der Waals surface area contributed by atoms with Crippen molar-refractivity contribution in [1.82, 2.24) is 0 Å². The number of carbonyl (C=O) groups is 2. The smallest absolute Gasteiger partial charge is 0.306 e. The lowest BCUT2D eigenvalue weighted by Crippen LogP contribution is -2.28. The van der Waals surface area contributed by atoms with E-state index in [1.165, 1.54) is 13.0 Å². The molecule has 1 saturated heterocycles. The zero-order valence-corrected chi connectivity index (χ0v) is 12.2. The van der Waals surface area contributed by atoms with Crippen molar-refractivity contribution in [1.29, 1.82) is 0 Å². The van der Waals surface area contributed by atoms with Crippen LogP contribution in [0, 0.1) is 11.8 Å². The van der Waals surface area contributed by atoms with Crippen molar-refractivity contribution in [3.8, 4) is 0 Å². The molecule has 112 valence electrons. The number of allylic oxidation sites excluding steroid dienone is 2. The van der Waals surface area contributed by atoms with Gasteiger partial charge < -0.3 is 4.74 Å². The second-order valence-electron chi connectivity index (χ2n) is 6.16. The summed E-state index contributed by atoms with van der Waals surface area (Å²) >= 11 is 0. The number of esters is 1. The highest BCUT2D eigenvalue weighted by molar-refractivity contribution is 5.96. The van der Waals surface area contributed by atoms with Crippen LogP contribution < -0.4 is 0 Å². The summed E-state index contributed by atoms with van der Waals surface area (Å²) < 4.78 is 19.4. The van der Waals surface area contributed by atoms with Gasteiger partial charge in [0.15, 0.2) is 11.5 Å². The van der Waals surface area contributed by atoms with Crippen LogP contribution in [-0.4, -0.2) is 23.5 Å². The standard InChI is InChI=1S/C16H23FO3/c1-3-4-9-16(2,17)14(18)8-6-11-5-7-13-12(11)10-15(19)20-13/h6,8,11-13H,3-5,7,9-10H2,1-2H3/b8-6+. The predicted molar refractivity (Wildman–Crippen MR) is 73.9 cm³/mol. The molecule has 2 rings (SSSR count). The Morgan fingerprint density at radius 2 is 2.25 bits per heavy atom. The second kappa shape index (κ2) is 6.06. The van der Waals surface area contributed by atoms with E-state index in [2.05, 4.69) is 0 Å². The highest BCUT2D eigenvalue weighted by Gasteiger charge is 2.43. The van der Waals surface area contributed by atoms with Gasteiger partial charge in [-0.25, -0.2) is 4.39 Å². The SMILES string of the molecule is CCCCC(C)(F)C(=O)/C=C/C1CCC2OC(=O)CC12. The Kier molecular flexibility index (Phi) is 4.61. The van der Waals surface area contributed by atoms with Crippen LogP contribution in [0.2, 0.25) is 0 Å². The number of fused-ring (bicyclic) bond motifs is 1. The summed E-state index contributed by atoms with van der Waals surface area (Å²) in [6.07, 6.45) is 7.22. The average molecular weight is 282 g/mol. The maximum absolute atomic E-state index is 14.2. The van der Waals surface area contributed by atoms with E-state index >= 15 is 0 Å². The van der Waals surface area contributed by atoms with E-state index in [1.54, 1.807) is 6.08 Å². The molecule has 0 spiro atoms. The summed E-state index contributed by atoms with van der Waals surface area (Å²) in [5.74, 6) is -0.271. The van der Waals surface area contributed by atoms with Gasteiger partial charge in [0.1, 0.15) is 6.10 Å². The van der Waals surface area contributed by atoms with E-state index in [0.29, 0.717) is 12.8 Å². The molecule has 4 unspecified atom stereocenters. The van der Waals surface area contributed by atoms with Crippen LogP contribution >= 0.6 is 0 Å². The van der Waals surface area contributed by atoms with Gasteiger partial charge in [-0.15, -0.1) is 0 Å². The third kappa shape index (κ3) is 3.28. The Balaban J connectivity index is 1.92. The van der Waals surface area contributed by atoms with Crippen molar-refractivity contribution in [2.75, 3.05) is 0 Å². The largest absolute Gasteiger partial charge is 0.462 e. The summed E-state index contributed by atoms with van der Waals surface area (Å²) in [6, 6.07) is 0. The fraction of sp³-hybridized carbons (Fsp3) is 0.750. The minimum absolute atomic E-state index is 0.00380. The predicted octanol–water partition coefficient (Wildman–Crippen LogP) is 3.37. The molecule has 2 aliphatic rings. The molecule has 0 amide bonds. The number of hydrogen-bond acceptors (Lipinski definition) is 3. The Morgan fingerprint density at radius 3 is 2.95 bits per heavy atom. The molecule has 0 aromatic heterocycles. The number of alkyl halides is 1. The number of carbonyl (C=O) groups excluding carboxylic acids is 2. The van der Waals surface area contributed by atoms with Crippen LogP contribution in [0.25, 0.3) is 0 Å². The molecule has 0 aromatic rings. The molecule has 4 heteroatoms. The molecule has 1 saturated carbocycles. The van der Waals surface area contributed by atoms with Crippen LogP contribution in [0.4, 0.5) is 4.39 Å². The molecular weight excluding hydrogens is 259 g/mol. The first-order chi connectivity index (χ1) is 9.44. The first kappa shape index (κ1) is 15.2. The molecule has 0 radical (unpaired) electrons. The van der Waals surface area contributed by atoms with Gasteiger partial charge in [0.25, 0.3) is 0 Å². The van der Waals surface area contributed by atoms with Gasteiger partial charge in [-0.05, 0) is 38.2 Å². The highest BCUT2D eigenvalue weighted by Crippen LogP contribution is 2.41. The third-order valence-electron chi connectivity index (χ3n) is 4.51. The van der Waals surface area contributed by atoms with Crippen LogP contribution in [0.1, 0.15) is 52.4 Å². The Labute approximate surface area is 119 Å². The first-order valence-electron chi connectivity index (χ1n) is 7.55. The van der Waals surface area contributed by atoms with Crippen LogP contribution in [0.15, 0.2) is 12.2 Å². The summed E-state index contributed by atoms with van der Waals surface area (Å²) in [6.45, 7) is 3.33. The fourth-order valence-corrected chi connectivity index (χ4v) is 3.15. The lowest BCUT2D eigenvalue weighted by atomic mass is 9.90. The van der Waals surface area contributed by atoms with Crippen LogP contribution in [0.3, 0.4) is 0 Å². The van der Waals surface area contributed by atoms with Crippen molar-refractivity contribution in [3.05, 3.63) is 12.2 Å². The molecule has 0 N–H and O–H groups in total. The van der Waals surface area contributed by atoms with E-state index in [1.807, 2.05) is 6.92 Å². The lowest BCUT2D eigenvalue weighted by Gasteiger charge is -2.17. The Bertz CT molecular complexity index is 414. The van der Waals surface area contributed by atoms with Crippen molar-refractivity contribution in [3.63, 3.8) is 0 Å². The van der Waals surface area contributed by atoms with E-state index in [0.717, 1.165) is 19.3 Å². The van der Waals surface area contributed by atoms with Gasteiger partial charge >= 0.3 is 5.97 Å². The van der Waals surface area contributed by atoms with Crippen LogP contribution in [-0.2, 0) is 14.3 Å². The molecule has 3 nitrogen and oxygen atoms in total. The highest BCUT2D eigenvalue weighted by atomic mass is 19.1. The van der Waals surface area contributed by atoms with E-state index < -0.39 is 11.5 Å². The van der Waals surface area contributed by atoms with E-state index in [-0.39, 0.29) is 30.3 Å². The zero-order valence-electron chi connectivity index (χ0n) is 12.2. The van der Waals surface area contributed by atoms with Gasteiger partial charge in [0.2, 0.25) is 0 Å². The van der Waals surface area contributed by atoms with Gasteiger partial charge in [0, 0.05) is 5.92 Å². The number of halogens is 1. The minimum atomic E-state index is -1.77. The molecular formula is C16H23FO3. The van der Waals surface area contributed by atoms with Crippen molar-refractivity contribution in [2.45, 2.75) is 64.1 Å². The molecule has 20 heavy (non-hydrogen) atoms. The molecule has 4 atom stereocenters. The number of unbranched alkanes of at least 4 members (excludes halogenated alkanes) is 1. The number of ether oxygens (including phenoxy) is 1. The van der Waals surface area contributed by atoms with Crippen molar-refractivity contribution >= 4 is 11.8 Å². The molecule has 2 fully saturated rings. The Morgan fingerprint density at radius 1 is 1.50 bits per heavy atom. The number of rotatable bonds is 6. The van der Waals surface area contributed by atoms with Gasteiger partial charge in [-0.2, -0.15) is 0 Å². The minimum Gasteiger partial charge on any atom is -0.462 e. The van der Waals surface area contributed by atoms with E-state index in [4.69, 9.17) is 4.74 Å². The molecule has 1 aliphatic heterocycles. The topological polar surface area (TPSA) is 43.4 Å². The summed E-state index contributed by atoms with van der Waals surface area (Å²) in [7, 11) is 0. The maximum Gasteiger partial charge on any atom is 0.306 e. The van der Waals surface area contributed by atoms with E-state index in [9.17, 15) is 14.0 Å². The molecule has 0 aromatic carbocycles. The Hall–Kier alpha value is -1.19. The second-order valence-corrected chi connectivity index (χ2v) is 6.16. The third-order valence-corrected chi connectivity index (χ3v) is 4.51. The normalized spacial score (nSPS) is 32.1. The number of ketones is 1. The summed E-state index contributed by atoms with van der Waals surface area (Å²) in [4.78, 5) is 23.2. The number of hydrogen-bond donors (Lipinski definition) is 0. The first-order valence-corrected chi connectivity index (χ1v) is 7.55. The lowest BCUT2D eigenvalue weighted by molar-refractivity contribution is -0.141. The van der Waals surface area contributed by atoms with Gasteiger partial charge in [0.05, 0.1) is 6.42 Å². The molecule has 1 heterocycles. The maximum atomic E-state index is 14.2. The van der Waals surface area contributed by atoms with Gasteiger partial charge in [-0.1, -0.05) is 25.8 Å².